The lowest BCUT2D eigenvalue weighted by atomic mass is 10.1. The van der Waals surface area contributed by atoms with Gasteiger partial charge in [-0.25, -0.2) is 4.79 Å². The normalized spacial score (nSPS) is 13.6. The van der Waals surface area contributed by atoms with Crippen LogP contribution in [0.2, 0.25) is 0 Å². The van der Waals surface area contributed by atoms with Gasteiger partial charge in [0.1, 0.15) is 19.0 Å². The molecule has 1 aliphatic heterocycles. The maximum absolute atomic E-state index is 12.7. The van der Waals surface area contributed by atoms with Crippen molar-refractivity contribution in [3.05, 3.63) is 83.4 Å². The van der Waals surface area contributed by atoms with Gasteiger partial charge in [-0.15, -0.1) is 0 Å². The van der Waals surface area contributed by atoms with Gasteiger partial charge in [-0.05, 0) is 29.3 Å². The van der Waals surface area contributed by atoms with Gasteiger partial charge < -0.3 is 28.6 Å². The number of benzene rings is 3. The lowest BCUT2D eigenvalue weighted by Crippen LogP contribution is -2.48. The van der Waals surface area contributed by atoms with E-state index in [-0.39, 0.29) is 12.7 Å². The van der Waals surface area contributed by atoms with Gasteiger partial charge in [-0.2, -0.15) is 0 Å². The van der Waals surface area contributed by atoms with E-state index in [0.717, 1.165) is 42.1 Å². The Labute approximate surface area is 218 Å². The number of piperazine rings is 1. The average Bonchev–Trinajstić information content (AvgIpc) is 2.95. The van der Waals surface area contributed by atoms with Crippen LogP contribution in [0, 0.1) is 0 Å². The van der Waals surface area contributed by atoms with Crippen molar-refractivity contribution in [2.24, 2.45) is 0 Å². The van der Waals surface area contributed by atoms with E-state index in [2.05, 4.69) is 23.1 Å². The molecule has 0 bridgehead atoms. The van der Waals surface area contributed by atoms with E-state index in [4.69, 9.17) is 23.7 Å². The monoisotopic (exact) mass is 506 g/mol. The first-order chi connectivity index (χ1) is 18.1. The fraction of sp³-hybridized carbons (Fsp3) is 0.345. The SMILES string of the molecule is COc1cc(COC(=O)N2CCN(Cc3ccccc3OCc3ccccc3)CC2)cc(OC)c1OC. The quantitative estimate of drug-likeness (QED) is 0.393. The maximum atomic E-state index is 12.7. The van der Waals surface area contributed by atoms with Gasteiger partial charge in [0, 0.05) is 38.3 Å². The first kappa shape index (κ1) is 26.2. The largest absolute Gasteiger partial charge is 0.493 e. The van der Waals surface area contributed by atoms with E-state index >= 15 is 0 Å². The molecule has 1 fully saturated rings. The van der Waals surface area contributed by atoms with Crippen LogP contribution in [-0.2, 0) is 24.5 Å². The summed E-state index contributed by atoms with van der Waals surface area (Å²) in [4.78, 5) is 16.8. The predicted octanol–water partition coefficient (Wildman–Crippen LogP) is 4.75. The first-order valence-corrected chi connectivity index (χ1v) is 12.3. The molecule has 0 aromatic heterocycles. The highest BCUT2D eigenvalue weighted by molar-refractivity contribution is 5.68. The van der Waals surface area contributed by atoms with E-state index in [1.165, 1.54) is 0 Å². The smallest absolute Gasteiger partial charge is 0.410 e. The predicted molar refractivity (Wildman–Crippen MR) is 140 cm³/mol. The number of hydrogen-bond acceptors (Lipinski definition) is 7. The zero-order valence-corrected chi connectivity index (χ0v) is 21.6. The highest BCUT2D eigenvalue weighted by atomic mass is 16.6. The van der Waals surface area contributed by atoms with Crippen LogP contribution in [0.5, 0.6) is 23.0 Å². The lowest BCUT2D eigenvalue weighted by molar-refractivity contribution is 0.0697. The molecule has 0 radical (unpaired) electrons. The van der Waals surface area contributed by atoms with Crippen LogP contribution in [0.3, 0.4) is 0 Å². The molecule has 3 aromatic rings. The molecule has 0 spiro atoms. The maximum Gasteiger partial charge on any atom is 0.410 e. The summed E-state index contributed by atoms with van der Waals surface area (Å²) in [6.07, 6.45) is -0.333. The third-order valence-corrected chi connectivity index (χ3v) is 6.32. The standard InChI is InChI=1S/C29H34N2O6/c1-33-26-17-23(18-27(34-2)28(26)35-3)21-37-29(32)31-15-13-30(14-16-31)19-24-11-7-8-12-25(24)36-20-22-9-5-4-6-10-22/h4-12,17-18H,13-16,19-21H2,1-3H3. The Kier molecular flexibility index (Phi) is 9.10. The van der Waals surface area contributed by atoms with Crippen molar-refractivity contribution in [1.82, 2.24) is 9.80 Å². The fourth-order valence-electron chi connectivity index (χ4n) is 4.30. The number of carbonyl (C=O) groups excluding carboxylic acids is 1. The number of rotatable bonds is 10. The zero-order valence-electron chi connectivity index (χ0n) is 21.6. The van der Waals surface area contributed by atoms with Crippen molar-refractivity contribution in [3.8, 4) is 23.0 Å². The molecule has 0 unspecified atom stereocenters. The number of hydrogen-bond donors (Lipinski definition) is 0. The summed E-state index contributed by atoms with van der Waals surface area (Å²) >= 11 is 0. The van der Waals surface area contributed by atoms with E-state index in [0.29, 0.717) is 36.9 Å². The summed E-state index contributed by atoms with van der Waals surface area (Å²) in [5.74, 6) is 2.44. The minimum Gasteiger partial charge on any atom is -0.493 e. The van der Waals surface area contributed by atoms with Crippen molar-refractivity contribution >= 4 is 6.09 Å². The molecular formula is C29H34N2O6. The molecule has 1 amide bonds. The number of nitrogens with zero attached hydrogens (tertiary/aromatic N) is 2. The number of para-hydroxylation sites is 1. The van der Waals surface area contributed by atoms with E-state index < -0.39 is 0 Å². The van der Waals surface area contributed by atoms with Crippen LogP contribution in [0.15, 0.2) is 66.7 Å². The molecule has 0 saturated carbocycles. The number of methoxy groups -OCH3 is 3. The van der Waals surface area contributed by atoms with Gasteiger partial charge in [0.2, 0.25) is 5.75 Å². The number of amides is 1. The van der Waals surface area contributed by atoms with Crippen molar-refractivity contribution in [3.63, 3.8) is 0 Å². The molecular weight excluding hydrogens is 472 g/mol. The molecule has 0 atom stereocenters. The topological polar surface area (TPSA) is 69.7 Å². The minimum absolute atomic E-state index is 0.113. The van der Waals surface area contributed by atoms with Gasteiger partial charge in [0.15, 0.2) is 11.5 Å². The van der Waals surface area contributed by atoms with Gasteiger partial charge in [-0.1, -0.05) is 48.5 Å². The summed E-state index contributed by atoms with van der Waals surface area (Å²) in [6, 6.07) is 21.8. The summed E-state index contributed by atoms with van der Waals surface area (Å²) < 4.78 is 27.8. The Morgan fingerprint density at radius 3 is 2.03 bits per heavy atom. The zero-order chi connectivity index (χ0) is 26.0. The Bertz CT molecular complexity index is 1140. The highest BCUT2D eigenvalue weighted by Gasteiger charge is 2.23. The Hall–Kier alpha value is -3.91. The number of ether oxygens (including phenoxy) is 5. The second-order valence-corrected chi connectivity index (χ2v) is 8.73. The molecule has 1 heterocycles. The van der Waals surface area contributed by atoms with Crippen LogP contribution < -0.4 is 18.9 Å². The molecule has 8 heteroatoms. The Morgan fingerprint density at radius 1 is 0.730 bits per heavy atom. The third kappa shape index (κ3) is 6.86. The first-order valence-electron chi connectivity index (χ1n) is 12.3. The van der Waals surface area contributed by atoms with Gasteiger partial charge in [0.25, 0.3) is 0 Å². The lowest BCUT2D eigenvalue weighted by Gasteiger charge is -2.34. The van der Waals surface area contributed by atoms with Gasteiger partial charge in [-0.3, -0.25) is 4.90 Å². The molecule has 37 heavy (non-hydrogen) atoms. The summed E-state index contributed by atoms with van der Waals surface area (Å²) in [5, 5.41) is 0. The molecule has 8 nitrogen and oxygen atoms in total. The molecule has 0 N–H and O–H groups in total. The minimum atomic E-state index is -0.333. The van der Waals surface area contributed by atoms with E-state index in [1.54, 1.807) is 38.4 Å². The summed E-state index contributed by atoms with van der Waals surface area (Å²) in [7, 11) is 4.66. The van der Waals surface area contributed by atoms with Gasteiger partial charge >= 0.3 is 6.09 Å². The van der Waals surface area contributed by atoms with Crippen molar-refractivity contribution in [2.75, 3.05) is 47.5 Å². The molecule has 0 aliphatic carbocycles. The Balaban J connectivity index is 1.27. The molecule has 4 rings (SSSR count). The second-order valence-electron chi connectivity index (χ2n) is 8.73. The van der Waals surface area contributed by atoms with E-state index in [9.17, 15) is 4.79 Å². The van der Waals surface area contributed by atoms with Crippen LogP contribution in [0.4, 0.5) is 4.79 Å². The van der Waals surface area contributed by atoms with Crippen molar-refractivity contribution in [1.29, 1.82) is 0 Å². The molecule has 1 saturated heterocycles. The third-order valence-electron chi connectivity index (χ3n) is 6.32. The van der Waals surface area contributed by atoms with Crippen molar-refractivity contribution in [2.45, 2.75) is 19.8 Å². The fourth-order valence-corrected chi connectivity index (χ4v) is 4.30. The van der Waals surface area contributed by atoms with Crippen molar-refractivity contribution < 1.29 is 28.5 Å². The summed E-state index contributed by atoms with van der Waals surface area (Å²) in [5.41, 5.74) is 3.03. The Morgan fingerprint density at radius 2 is 1.38 bits per heavy atom. The van der Waals surface area contributed by atoms with Gasteiger partial charge in [0.05, 0.1) is 21.3 Å². The van der Waals surface area contributed by atoms with Crippen LogP contribution in [0.1, 0.15) is 16.7 Å². The van der Waals surface area contributed by atoms with Crippen LogP contribution in [0.25, 0.3) is 0 Å². The molecule has 196 valence electrons. The summed E-state index contributed by atoms with van der Waals surface area (Å²) in [6.45, 7) is 4.12. The molecule has 1 aliphatic rings. The second kappa shape index (κ2) is 12.9. The van der Waals surface area contributed by atoms with E-state index in [1.807, 2.05) is 36.4 Å². The molecule has 3 aromatic carbocycles. The van der Waals surface area contributed by atoms with Crippen LogP contribution in [-0.4, -0.2) is 63.4 Å². The van der Waals surface area contributed by atoms with Crippen LogP contribution >= 0.6 is 0 Å². The number of carbonyl (C=O) groups is 1. The average molecular weight is 507 g/mol. The highest BCUT2D eigenvalue weighted by Crippen LogP contribution is 2.38.